The lowest BCUT2D eigenvalue weighted by Crippen LogP contribution is -2.26. The quantitative estimate of drug-likeness (QED) is 0.408. The summed E-state index contributed by atoms with van der Waals surface area (Å²) in [4.78, 5) is 26.4. The van der Waals surface area contributed by atoms with E-state index in [0.717, 1.165) is 22.3 Å². The maximum atomic E-state index is 12.1. The molecule has 3 aromatic rings. The largest absolute Gasteiger partial charge is 0.449 e. The second-order valence-electron chi connectivity index (χ2n) is 6.61. The van der Waals surface area contributed by atoms with Gasteiger partial charge in [-0.3, -0.25) is 10.1 Å². The van der Waals surface area contributed by atoms with Crippen LogP contribution in [0.15, 0.2) is 66.9 Å². The first-order valence-electron chi connectivity index (χ1n) is 9.32. The van der Waals surface area contributed by atoms with Crippen LogP contribution in [0.1, 0.15) is 22.7 Å². The van der Waals surface area contributed by atoms with Crippen molar-refractivity contribution in [2.24, 2.45) is 0 Å². The summed E-state index contributed by atoms with van der Waals surface area (Å²) in [6, 6.07) is 19.0. The first kappa shape index (κ1) is 19.2. The molecule has 1 N–H and O–H groups in total. The van der Waals surface area contributed by atoms with Crippen LogP contribution in [0.25, 0.3) is 11.1 Å². The van der Waals surface area contributed by atoms with Gasteiger partial charge in [0.1, 0.15) is 6.61 Å². The second-order valence-corrected chi connectivity index (χ2v) is 6.61. The number of aromatic nitrogens is 1. The molecule has 1 aliphatic carbocycles. The Morgan fingerprint density at radius 1 is 1.07 bits per heavy atom. The molecule has 0 aliphatic heterocycles. The smallest absolute Gasteiger partial charge is 0.407 e. The van der Waals surface area contributed by atoms with Crippen molar-refractivity contribution in [3.8, 4) is 23.0 Å². The van der Waals surface area contributed by atoms with Gasteiger partial charge in [0.05, 0.1) is 11.5 Å². The molecule has 1 aliphatic rings. The first-order valence-corrected chi connectivity index (χ1v) is 9.32. The number of fused-ring (bicyclic) bond motifs is 3. The summed E-state index contributed by atoms with van der Waals surface area (Å²) in [7, 11) is 0. The fraction of sp³-hybridized carbons (Fsp3) is 0.130. The number of nitrogens with zero attached hydrogens (tertiary/aromatic N) is 2. The number of nitrogens with one attached hydrogen (secondary N) is 1. The van der Waals surface area contributed by atoms with Crippen LogP contribution < -0.4 is 5.32 Å². The van der Waals surface area contributed by atoms with Crippen LogP contribution in [-0.4, -0.2) is 29.2 Å². The Morgan fingerprint density at radius 3 is 2.40 bits per heavy atom. The number of nitro groups is 1. The number of carbonyl (C=O) groups excluding carboxylic acids is 1. The average Bonchev–Trinajstić information content (AvgIpc) is 3.09. The third kappa shape index (κ3) is 3.84. The Kier molecular flexibility index (Phi) is 5.39. The molecule has 0 atom stereocenters. The van der Waals surface area contributed by atoms with Crippen LogP contribution in [0, 0.1) is 22.0 Å². The Labute approximate surface area is 172 Å². The predicted molar refractivity (Wildman–Crippen MR) is 111 cm³/mol. The Hall–Kier alpha value is -4.18. The standard InChI is InChI=1S/C23H17N3O4/c27-23(25-14-5-11-21-22(26(28)29)12-6-13-24-21)30-15-20-18-9-3-1-7-16(18)17-8-2-4-10-19(17)20/h1-4,6-10,12-13,20H,14-15H2,(H,25,27). The second kappa shape index (κ2) is 8.45. The van der Waals surface area contributed by atoms with Gasteiger partial charge in [-0.15, -0.1) is 0 Å². The molecule has 0 radical (unpaired) electrons. The zero-order chi connectivity index (χ0) is 20.9. The van der Waals surface area contributed by atoms with Crippen molar-refractivity contribution in [3.63, 3.8) is 0 Å². The van der Waals surface area contributed by atoms with Gasteiger partial charge in [-0.05, 0) is 34.2 Å². The van der Waals surface area contributed by atoms with E-state index in [1.807, 2.05) is 36.4 Å². The molecule has 2 aromatic carbocycles. The van der Waals surface area contributed by atoms with Crippen molar-refractivity contribution in [1.82, 2.24) is 10.3 Å². The fourth-order valence-electron chi connectivity index (χ4n) is 3.53. The maximum Gasteiger partial charge on any atom is 0.407 e. The molecule has 4 rings (SSSR count). The van der Waals surface area contributed by atoms with Crippen LogP contribution in [-0.2, 0) is 4.74 Å². The molecule has 1 heterocycles. The van der Waals surface area contributed by atoms with Crippen LogP contribution in [0.4, 0.5) is 10.5 Å². The number of hydrogen-bond acceptors (Lipinski definition) is 5. The number of alkyl carbamates (subject to hydrolysis) is 1. The summed E-state index contributed by atoms with van der Waals surface area (Å²) in [6.07, 6.45) is 0.831. The van der Waals surface area contributed by atoms with E-state index < -0.39 is 11.0 Å². The molecule has 0 fully saturated rings. The average molecular weight is 399 g/mol. The third-order valence-electron chi connectivity index (χ3n) is 4.85. The van der Waals surface area contributed by atoms with Crippen LogP contribution >= 0.6 is 0 Å². The minimum atomic E-state index is -0.596. The Bertz CT molecular complexity index is 1130. The van der Waals surface area contributed by atoms with Crippen molar-refractivity contribution in [3.05, 3.63) is 93.8 Å². The fourth-order valence-corrected chi connectivity index (χ4v) is 3.53. The Balaban J connectivity index is 1.36. The molecular weight excluding hydrogens is 382 g/mol. The molecule has 0 saturated carbocycles. The third-order valence-corrected chi connectivity index (χ3v) is 4.85. The molecule has 7 heteroatoms. The van der Waals surface area contributed by atoms with Crippen molar-refractivity contribution in [1.29, 1.82) is 0 Å². The molecule has 1 amide bonds. The molecule has 30 heavy (non-hydrogen) atoms. The van der Waals surface area contributed by atoms with Crippen LogP contribution in [0.2, 0.25) is 0 Å². The summed E-state index contributed by atoms with van der Waals surface area (Å²) in [6.45, 7) is 0.198. The summed E-state index contributed by atoms with van der Waals surface area (Å²) in [5, 5.41) is 13.5. The molecule has 0 spiro atoms. The number of ether oxygens (including phenoxy) is 1. The minimum absolute atomic E-state index is 0.00952. The topological polar surface area (TPSA) is 94.4 Å². The number of benzene rings is 2. The van der Waals surface area contributed by atoms with Gasteiger partial charge < -0.3 is 10.1 Å². The number of rotatable bonds is 4. The lowest BCUT2D eigenvalue weighted by Gasteiger charge is -2.14. The van der Waals surface area contributed by atoms with Crippen molar-refractivity contribution in [2.75, 3.05) is 13.2 Å². The maximum absolute atomic E-state index is 12.1. The van der Waals surface area contributed by atoms with E-state index >= 15 is 0 Å². The van der Waals surface area contributed by atoms with E-state index in [4.69, 9.17) is 4.74 Å². The Morgan fingerprint density at radius 2 is 1.73 bits per heavy atom. The van der Waals surface area contributed by atoms with E-state index in [-0.39, 0.29) is 30.5 Å². The highest BCUT2D eigenvalue weighted by Crippen LogP contribution is 2.44. The lowest BCUT2D eigenvalue weighted by atomic mass is 9.98. The summed E-state index contributed by atoms with van der Waals surface area (Å²) >= 11 is 0. The highest BCUT2D eigenvalue weighted by molar-refractivity contribution is 5.79. The number of hydrogen-bond donors (Lipinski definition) is 1. The zero-order valence-corrected chi connectivity index (χ0v) is 15.9. The van der Waals surface area contributed by atoms with Gasteiger partial charge in [-0.2, -0.15) is 0 Å². The molecular formula is C23H17N3O4. The highest BCUT2D eigenvalue weighted by Gasteiger charge is 2.28. The van der Waals surface area contributed by atoms with Gasteiger partial charge in [-0.25, -0.2) is 9.78 Å². The molecule has 0 saturated heterocycles. The van der Waals surface area contributed by atoms with E-state index in [2.05, 4.69) is 34.3 Å². The first-order chi connectivity index (χ1) is 14.6. The summed E-state index contributed by atoms with van der Waals surface area (Å²) in [5.74, 6) is 5.24. The van der Waals surface area contributed by atoms with E-state index in [1.165, 1.54) is 18.3 Å². The number of pyridine rings is 1. The summed E-state index contributed by atoms with van der Waals surface area (Å²) < 4.78 is 5.41. The molecule has 7 nitrogen and oxygen atoms in total. The zero-order valence-electron chi connectivity index (χ0n) is 15.9. The van der Waals surface area contributed by atoms with Gasteiger partial charge in [-0.1, -0.05) is 54.5 Å². The van der Waals surface area contributed by atoms with E-state index in [9.17, 15) is 14.9 Å². The normalized spacial score (nSPS) is 11.6. The van der Waals surface area contributed by atoms with Crippen molar-refractivity contribution in [2.45, 2.75) is 5.92 Å². The van der Waals surface area contributed by atoms with E-state index in [0.29, 0.717) is 0 Å². The highest BCUT2D eigenvalue weighted by atomic mass is 16.6. The molecule has 0 bridgehead atoms. The molecule has 0 unspecified atom stereocenters. The van der Waals surface area contributed by atoms with E-state index in [1.54, 1.807) is 0 Å². The van der Waals surface area contributed by atoms with Crippen LogP contribution in [0.3, 0.4) is 0 Å². The van der Waals surface area contributed by atoms with Crippen molar-refractivity contribution < 1.29 is 14.5 Å². The van der Waals surface area contributed by atoms with Crippen molar-refractivity contribution >= 4 is 11.8 Å². The molecule has 1 aromatic heterocycles. The van der Waals surface area contributed by atoms with Gasteiger partial charge in [0.2, 0.25) is 0 Å². The van der Waals surface area contributed by atoms with Gasteiger partial charge in [0, 0.05) is 18.2 Å². The van der Waals surface area contributed by atoms with Gasteiger partial charge in [0.25, 0.3) is 0 Å². The van der Waals surface area contributed by atoms with Gasteiger partial charge >= 0.3 is 11.8 Å². The predicted octanol–water partition coefficient (Wildman–Crippen LogP) is 3.88. The lowest BCUT2D eigenvalue weighted by molar-refractivity contribution is -0.385. The van der Waals surface area contributed by atoms with Gasteiger partial charge in [0.15, 0.2) is 5.69 Å². The summed E-state index contributed by atoms with van der Waals surface area (Å²) in [5.41, 5.74) is 4.46. The monoisotopic (exact) mass is 399 g/mol. The number of amides is 1. The minimum Gasteiger partial charge on any atom is -0.449 e. The number of carbonyl (C=O) groups is 1. The van der Waals surface area contributed by atoms with Crippen LogP contribution in [0.5, 0.6) is 0 Å². The SMILES string of the molecule is O=C(NCC#Cc1ncccc1[N+](=O)[O-])OCC1c2ccccc2-c2ccccc21. The molecule has 148 valence electrons.